The first-order chi connectivity index (χ1) is 17.5. The fraction of sp³-hybridized carbons (Fsp3) is 0.111. The number of methoxy groups -OCH3 is 2. The fourth-order valence-electron chi connectivity index (χ4n) is 3.39. The Morgan fingerprint density at radius 1 is 0.861 bits per heavy atom. The molecule has 2 amide bonds. The van der Waals surface area contributed by atoms with Crippen LogP contribution < -0.4 is 15.6 Å². The number of rotatable bonds is 7. The van der Waals surface area contributed by atoms with Crippen LogP contribution in [0.5, 0.6) is 5.75 Å². The van der Waals surface area contributed by atoms with Crippen molar-refractivity contribution in [1.29, 1.82) is 0 Å². The number of nitrogens with zero attached hydrogens (tertiary/aromatic N) is 1. The number of carbonyl (C=O) groups is 3. The Bertz CT molecular complexity index is 1380. The molecule has 1 heterocycles. The predicted molar refractivity (Wildman–Crippen MR) is 137 cm³/mol. The number of benzene rings is 3. The first kappa shape index (κ1) is 24.6. The van der Waals surface area contributed by atoms with Gasteiger partial charge in [-0.1, -0.05) is 24.3 Å². The number of thiazole rings is 1. The molecule has 36 heavy (non-hydrogen) atoms. The summed E-state index contributed by atoms with van der Waals surface area (Å²) in [6.45, 7) is 0. The molecule has 8 nitrogen and oxygen atoms in total. The second-order valence-electron chi connectivity index (χ2n) is 7.71. The molecule has 4 rings (SSSR count). The van der Waals surface area contributed by atoms with Crippen molar-refractivity contribution >= 4 is 29.1 Å². The monoisotopic (exact) mass is 501 g/mol. The second-order valence-corrected chi connectivity index (χ2v) is 8.74. The van der Waals surface area contributed by atoms with Crippen molar-refractivity contribution in [3.63, 3.8) is 0 Å². The first-order valence-corrected chi connectivity index (χ1v) is 11.8. The maximum atomic E-state index is 12.6. The van der Waals surface area contributed by atoms with Crippen molar-refractivity contribution in [2.45, 2.75) is 6.42 Å². The van der Waals surface area contributed by atoms with Gasteiger partial charge in [-0.15, -0.1) is 11.3 Å². The highest BCUT2D eigenvalue weighted by Crippen LogP contribution is 2.33. The number of hydrazine groups is 1. The quantitative estimate of drug-likeness (QED) is 0.289. The number of hydrogen-bond acceptors (Lipinski definition) is 7. The maximum absolute atomic E-state index is 12.6. The van der Waals surface area contributed by atoms with Gasteiger partial charge in [-0.2, -0.15) is 0 Å². The van der Waals surface area contributed by atoms with Crippen LogP contribution in [0.15, 0.2) is 79.0 Å². The van der Waals surface area contributed by atoms with Gasteiger partial charge in [0.1, 0.15) is 10.8 Å². The molecule has 182 valence electrons. The van der Waals surface area contributed by atoms with Crippen molar-refractivity contribution in [1.82, 2.24) is 15.8 Å². The lowest BCUT2D eigenvalue weighted by molar-refractivity contribution is -0.121. The summed E-state index contributed by atoms with van der Waals surface area (Å²) in [5, 5.41) is 0.773. The van der Waals surface area contributed by atoms with Crippen LogP contribution in [0.1, 0.15) is 26.3 Å². The van der Waals surface area contributed by atoms with Crippen molar-refractivity contribution in [3.05, 3.63) is 95.7 Å². The van der Waals surface area contributed by atoms with Crippen LogP contribution in [0.25, 0.3) is 21.0 Å². The third-order valence-corrected chi connectivity index (χ3v) is 6.40. The van der Waals surface area contributed by atoms with Gasteiger partial charge in [0.25, 0.3) is 5.91 Å². The molecule has 0 radical (unpaired) electrons. The molecular formula is C27H23N3O5S. The van der Waals surface area contributed by atoms with Gasteiger partial charge < -0.3 is 9.47 Å². The highest BCUT2D eigenvalue weighted by atomic mass is 32.1. The van der Waals surface area contributed by atoms with Crippen LogP contribution in [0.4, 0.5) is 0 Å². The second kappa shape index (κ2) is 11.3. The number of hydrogen-bond donors (Lipinski definition) is 2. The third kappa shape index (κ3) is 5.94. The number of nitrogens with one attached hydrogen (secondary N) is 2. The number of esters is 1. The largest absolute Gasteiger partial charge is 0.497 e. The van der Waals surface area contributed by atoms with Crippen LogP contribution >= 0.6 is 11.3 Å². The molecule has 0 aliphatic rings. The molecule has 2 N–H and O–H groups in total. The molecule has 0 unspecified atom stereocenters. The first-order valence-electron chi connectivity index (χ1n) is 10.9. The summed E-state index contributed by atoms with van der Waals surface area (Å²) in [5.74, 6) is -0.506. The van der Waals surface area contributed by atoms with Crippen molar-refractivity contribution in [2.75, 3.05) is 14.2 Å². The van der Waals surface area contributed by atoms with E-state index in [0.29, 0.717) is 16.7 Å². The summed E-state index contributed by atoms with van der Waals surface area (Å²) < 4.78 is 9.86. The zero-order valence-corrected chi connectivity index (χ0v) is 20.4. The molecule has 0 aliphatic heterocycles. The van der Waals surface area contributed by atoms with E-state index >= 15 is 0 Å². The van der Waals surface area contributed by atoms with E-state index in [4.69, 9.17) is 4.74 Å². The molecule has 0 bridgehead atoms. The zero-order chi connectivity index (χ0) is 25.5. The van der Waals surface area contributed by atoms with Gasteiger partial charge in [0.15, 0.2) is 0 Å². The van der Waals surface area contributed by atoms with E-state index in [-0.39, 0.29) is 6.42 Å². The van der Waals surface area contributed by atoms with Gasteiger partial charge in [0.05, 0.1) is 31.1 Å². The van der Waals surface area contributed by atoms with E-state index in [1.54, 1.807) is 55.8 Å². The molecule has 0 atom stereocenters. The zero-order valence-electron chi connectivity index (χ0n) is 19.6. The Kier molecular flexibility index (Phi) is 7.72. The molecule has 3 aromatic carbocycles. The van der Waals surface area contributed by atoms with Gasteiger partial charge in [0, 0.05) is 17.3 Å². The summed E-state index contributed by atoms with van der Waals surface area (Å²) in [6.07, 6.45) is 1.83. The normalized spacial score (nSPS) is 10.4. The van der Waals surface area contributed by atoms with Crippen LogP contribution in [-0.2, 0) is 16.0 Å². The topological polar surface area (TPSA) is 107 Å². The SMILES string of the molecule is COC(=O)c1ccc(CC(=O)NNC(=O)c2cccc(-c3ncc(-c4ccc(OC)cc4)s3)c2)cc1. The maximum Gasteiger partial charge on any atom is 0.337 e. The average molecular weight is 502 g/mol. The molecule has 1 aromatic heterocycles. The van der Waals surface area contributed by atoms with E-state index in [1.807, 2.05) is 30.3 Å². The number of carbonyl (C=O) groups excluding carboxylic acids is 3. The standard InChI is InChI=1S/C27H23N3O5S/c1-34-22-12-10-18(11-13-22)23-16-28-26(36-23)21-5-3-4-20(15-21)25(32)30-29-24(31)14-17-6-8-19(9-7-17)27(33)35-2/h3-13,15-16H,14H2,1-2H3,(H,29,31)(H,30,32). The lowest BCUT2D eigenvalue weighted by atomic mass is 10.1. The highest BCUT2D eigenvalue weighted by molar-refractivity contribution is 7.18. The number of amides is 2. The highest BCUT2D eigenvalue weighted by Gasteiger charge is 2.12. The van der Waals surface area contributed by atoms with Gasteiger partial charge in [-0.3, -0.25) is 20.4 Å². The Hall–Kier alpha value is -4.50. The molecule has 4 aromatic rings. The van der Waals surface area contributed by atoms with E-state index in [0.717, 1.165) is 26.8 Å². The van der Waals surface area contributed by atoms with Crippen LogP contribution in [0, 0.1) is 0 Å². The van der Waals surface area contributed by atoms with E-state index in [2.05, 4.69) is 20.6 Å². The summed E-state index contributed by atoms with van der Waals surface area (Å²) in [4.78, 5) is 41.9. The molecule has 0 spiro atoms. The van der Waals surface area contributed by atoms with Crippen LogP contribution in [0.2, 0.25) is 0 Å². The summed E-state index contributed by atoms with van der Waals surface area (Å²) in [5.41, 5.74) is 8.14. The Balaban J connectivity index is 1.36. The summed E-state index contributed by atoms with van der Waals surface area (Å²) >= 11 is 1.51. The lowest BCUT2D eigenvalue weighted by Gasteiger charge is -2.08. The minimum Gasteiger partial charge on any atom is -0.497 e. The van der Waals surface area contributed by atoms with E-state index in [1.165, 1.54) is 18.4 Å². The number of aromatic nitrogens is 1. The van der Waals surface area contributed by atoms with Crippen molar-refractivity contribution in [2.24, 2.45) is 0 Å². The minimum absolute atomic E-state index is 0.0367. The lowest BCUT2D eigenvalue weighted by Crippen LogP contribution is -2.42. The van der Waals surface area contributed by atoms with Gasteiger partial charge in [-0.25, -0.2) is 9.78 Å². The van der Waals surface area contributed by atoms with Crippen molar-refractivity contribution < 1.29 is 23.9 Å². The predicted octanol–water partition coefficient (Wildman–Crippen LogP) is 4.28. The molecular weight excluding hydrogens is 478 g/mol. The smallest absolute Gasteiger partial charge is 0.337 e. The van der Waals surface area contributed by atoms with Crippen molar-refractivity contribution in [3.8, 4) is 26.8 Å². The Labute approximate surface area is 211 Å². The van der Waals surface area contributed by atoms with Gasteiger partial charge >= 0.3 is 5.97 Å². The molecule has 0 aliphatic carbocycles. The minimum atomic E-state index is -0.449. The van der Waals surface area contributed by atoms with E-state index < -0.39 is 17.8 Å². The van der Waals surface area contributed by atoms with Crippen LogP contribution in [0.3, 0.4) is 0 Å². The van der Waals surface area contributed by atoms with Crippen LogP contribution in [-0.4, -0.2) is 37.0 Å². The third-order valence-electron chi connectivity index (χ3n) is 5.31. The Morgan fingerprint density at radius 2 is 1.61 bits per heavy atom. The molecule has 9 heteroatoms. The van der Waals surface area contributed by atoms with Gasteiger partial charge in [0.2, 0.25) is 5.91 Å². The summed E-state index contributed by atoms with van der Waals surface area (Å²) in [6, 6.07) is 21.2. The van der Waals surface area contributed by atoms with Gasteiger partial charge in [-0.05, 0) is 59.7 Å². The number of ether oxygens (including phenoxy) is 2. The Morgan fingerprint density at radius 3 is 2.31 bits per heavy atom. The molecule has 0 saturated heterocycles. The fourth-order valence-corrected chi connectivity index (χ4v) is 4.31. The van der Waals surface area contributed by atoms with E-state index in [9.17, 15) is 14.4 Å². The summed E-state index contributed by atoms with van der Waals surface area (Å²) in [7, 11) is 2.93. The molecule has 0 saturated carbocycles. The molecule has 0 fully saturated rings. The average Bonchev–Trinajstić information content (AvgIpc) is 3.42.